The van der Waals surface area contributed by atoms with Crippen LogP contribution in [0, 0.1) is 6.92 Å². The van der Waals surface area contributed by atoms with Gasteiger partial charge in [0.05, 0.1) is 6.61 Å². The molecular formula is C15H24ClNO. The predicted molar refractivity (Wildman–Crippen MR) is 77.4 cm³/mol. The van der Waals surface area contributed by atoms with Crippen molar-refractivity contribution in [3.05, 3.63) is 23.4 Å². The van der Waals surface area contributed by atoms with Crippen LogP contribution in [0.25, 0.3) is 0 Å². The van der Waals surface area contributed by atoms with Crippen molar-refractivity contribution >= 4 is 11.6 Å². The third kappa shape index (κ3) is 5.72. The van der Waals surface area contributed by atoms with Gasteiger partial charge in [-0.2, -0.15) is 0 Å². The summed E-state index contributed by atoms with van der Waals surface area (Å²) in [5.74, 6) is 1.23. The van der Waals surface area contributed by atoms with Crippen LogP contribution in [0.2, 0.25) is 0 Å². The van der Waals surface area contributed by atoms with Gasteiger partial charge in [-0.05, 0) is 18.9 Å². The van der Waals surface area contributed by atoms with Crippen molar-refractivity contribution in [2.45, 2.75) is 58.3 Å². The number of ether oxygens (including phenoxy) is 1. The van der Waals surface area contributed by atoms with E-state index in [-0.39, 0.29) is 0 Å². The van der Waals surface area contributed by atoms with Crippen LogP contribution in [0.1, 0.15) is 56.7 Å². The van der Waals surface area contributed by atoms with Crippen molar-refractivity contribution in [1.29, 1.82) is 0 Å². The van der Waals surface area contributed by atoms with Crippen LogP contribution < -0.4 is 4.74 Å². The summed E-state index contributed by atoms with van der Waals surface area (Å²) in [6, 6.07) is 3.90. The molecule has 18 heavy (non-hydrogen) atoms. The van der Waals surface area contributed by atoms with E-state index in [0.717, 1.165) is 30.2 Å². The Kier molecular flexibility index (Phi) is 7.83. The number of halogens is 1. The van der Waals surface area contributed by atoms with Gasteiger partial charge in [0.1, 0.15) is 0 Å². The van der Waals surface area contributed by atoms with Gasteiger partial charge in [0, 0.05) is 17.6 Å². The highest BCUT2D eigenvalue weighted by atomic mass is 35.5. The molecule has 0 fully saturated rings. The van der Waals surface area contributed by atoms with Crippen molar-refractivity contribution < 1.29 is 4.74 Å². The van der Waals surface area contributed by atoms with Gasteiger partial charge in [-0.15, -0.1) is 11.6 Å². The van der Waals surface area contributed by atoms with Gasteiger partial charge < -0.3 is 4.74 Å². The lowest BCUT2D eigenvalue weighted by Gasteiger charge is -2.07. The zero-order chi connectivity index (χ0) is 13.2. The van der Waals surface area contributed by atoms with Crippen LogP contribution in [0.3, 0.4) is 0 Å². The molecule has 0 aliphatic carbocycles. The quantitative estimate of drug-likeness (QED) is 0.471. The summed E-state index contributed by atoms with van der Waals surface area (Å²) < 4.78 is 5.64. The van der Waals surface area contributed by atoms with Crippen LogP contribution in [-0.4, -0.2) is 11.6 Å². The molecule has 1 heterocycles. The van der Waals surface area contributed by atoms with E-state index in [9.17, 15) is 0 Å². The topological polar surface area (TPSA) is 22.1 Å². The molecule has 0 saturated heterocycles. The number of alkyl halides is 1. The molecule has 1 aromatic heterocycles. The first-order valence-corrected chi connectivity index (χ1v) is 7.46. The summed E-state index contributed by atoms with van der Waals surface area (Å²) in [6.07, 6.45) is 7.67. The zero-order valence-corrected chi connectivity index (χ0v) is 12.3. The first-order chi connectivity index (χ1) is 8.77. The zero-order valence-electron chi connectivity index (χ0n) is 11.5. The minimum atomic E-state index is 0.510. The second-order valence-corrected chi connectivity index (χ2v) is 4.91. The molecule has 0 radical (unpaired) electrons. The van der Waals surface area contributed by atoms with Crippen LogP contribution >= 0.6 is 11.6 Å². The molecule has 0 spiro atoms. The van der Waals surface area contributed by atoms with E-state index >= 15 is 0 Å². The lowest BCUT2D eigenvalue weighted by atomic mass is 10.1. The minimum absolute atomic E-state index is 0.510. The van der Waals surface area contributed by atoms with Crippen molar-refractivity contribution in [1.82, 2.24) is 4.98 Å². The molecular weight excluding hydrogens is 246 g/mol. The fourth-order valence-electron chi connectivity index (χ4n) is 1.85. The van der Waals surface area contributed by atoms with Crippen molar-refractivity contribution in [2.75, 3.05) is 6.61 Å². The van der Waals surface area contributed by atoms with Crippen LogP contribution in [0.4, 0.5) is 0 Å². The van der Waals surface area contributed by atoms with Crippen molar-refractivity contribution in [3.63, 3.8) is 0 Å². The molecule has 2 nitrogen and oxygen atoms in total. The van der Waals surface area contributed by atoms with E-state index in [4.69, 9.17) is 16.3 Å². The first-order valence-electron chi connectivity index (χ1n) is 6.93. The van der Waals surface area contributed by atoms with Gasteiger partial charge in [-0.1, -0.05) is 45.1 Å². The summed E-state index contributed by atoms with van der Waals surface area (Å²) in [5.41, 5.74) is 2.04. The molecule has 3 heteroatoms. The van der Waals surface area contributed by atoms with Crippen LogP contribution in [0.15, 0.2) is 12.1 Å². The number of nitrogens with zero attached hydrogens (tertiary/aromatic N) is 1. The Labute approximate surface area is 116 Å². The minimum Gasteiger partial charge on any atom is -0.478 e. The Morgan fingerprint density at radius 2 is 1.83 bits per heavy atom. The van der Waals surface area contributed by atoms with E-state index < -0.39 is 0 Å². The van der Waals surface area contributed by atoms with Crippen LogP contribution in [0.5, 0.6) is 5.88 Å². The maximum atomic E-state index is 5.79. The molecule has 0 saturated carbocycles. The Balaban J connectivity index is 2.17. The molecule has 0 atom stereocenters. The number of aryl methyl sites for hydroxylation is 1. The van der Waals surface area contributed by atoms with E-state index in [0.29, 0.717) is 5.88 Å². The third-order valence-electron chi connectivity index (χ3n) is 3.06. The molecule has 0 amide bonds. The molecule has 1 rings (SSSR count). The van der Waals surface area contributed by atoms with Gasteiger partial charge in [-0.3, -0.25) is 0 Å². The van der Waals surface area contributed by atoms with Crippen molar-refractivity contribution in [2.24, 2.45) is 0 Å². The van der Waals surface area contributed by atoms with Gasteiger partial charge in [0.2, 0.25) is 5.88 Å². The average molecular weight is 270 g/mol. The summed E-state index contributed by atoms with van der Waals surface area (Å²) >= 11 is 5.79. The van der Waals surface area contributed by atoms with E-state index in [2.05, 4.69) is 11.9 Å². The molecule has 0 N–H and O–H groups in total. The molecule has 0 aliphatic heterocycles. The molecule has 0 bridgehead atoms. The largest absolute Gasteiger partial charge is 0.478 e. The fraction of sp³-hybridized carbons (Fsp3) is 0.667. The average Bonchev–Trinajstić information content (AvgIpc) is 2.38. The Hall–Kier alpha value is -0.760. The summed E-state index contributed by atoms with van der Waals surface area (Å²) in [7, 11) is 0. The number of rotatable bonds is 9. The number of aromatic nitrogens is 1. The normalized spacial score (nSPS) is 10.6. The van der Waals surface area contributed by atoms with E-state index in [1.165, 1.54) is 32.1 Å². The SMILES string of the molecule is CCCCCCCCOc1ccc(CCl)c(C)n1. The summed E-state index contributed by atoms with van der Waals surface area (Å²) in [5, 5.41) is 0. The standard InChI is InChI=1S/C15H24ClNO/c1-3-4-5-6-7-8-11-18-15-10-9-14(12-16)13(2)17-15/h9-10H,3-8,11-12H2,1-2H3. The highest BCUT2D eigenvalue weighted by Gasteiger charge is 2.01. The Bertz CT molecular complexity index is 341. The van der Waals surface area contributed by atoms with E-state index in [1.54, 1.807) is 0 Å². The summed E-state index contributed by atoms with van der Waals surface area (Å²) in [4.78, 5) is 4.38. The van der Waals surface area contributed by atoms with Gasteiger partial charge >= 0.3 is 0 Å². The summed E-state index contributed by atoms with van der Waals surface area (Å²) in [6.45, 7) is 4.97. The number of hydrogen-bond acceptors (Lipinski definition) is 2. The Morgan fingerprint density at radius 3 is 2.50 bits per heavy atom. The predicted octanol–water partition coefficient (Wildman–Crippen LogP) is 4.87. The second kappa shape index (κ2) is 9.21. The van der Waals surface area contributed by atoms with Crippen molar-refractivity contribution in [3.8, 4) is 5.88 Å². The molecule has 102 valence electrons. The maximum absolute atomic E-state index is 5.79. The molecule has 0 unspecified atom stereocenters. The van der Waals surface area contributed by atoms with Crippen LogP contribution in [-0.2, 0) is 5.88 Å². The van der Waals surface area contributed by atoms with Gasteiger partial charge in [0.25, 0.3) is 0 Å². The Morgan fingerprint density at radius 1 is 1.11 bits per heavy atom. The lowest BCUT2D eigenvalue weighted by Crippen LogP contribution is -2.01. The van der Waals surface area contributed by atoms with E-state index in [1.807, 2.05) is 19.1 Å². The molecule has 0 aliphatic rings. The number of unbranched alkanes of at least 4 members (excludes halogenated alkanes) is 5. The third-order valence-corrected chi connectivity index (χ3v) is 3.35. The lowest BCUT2D eigenvalue weighted by molar-refractivity contribution is 0.292. The second-order valence-electron chi connectivity index (χ2n) is 4.64. The smallest absolute Gasteiger partial charge is 0.213 e. The highest BCUT2D eigenvalue weighted by Crippen LogP contribution is 2.14. The number of hydrogen-bond donors (Lipinski definition) is 0. The first kappa shape index (κ1) is 15.3. The highest BCUT2D eigenvalue weighted by molar-refractivity contribution is 6.17. The number of pyridine rings is 1. The monoisotopic (exact) mass is 269 g/mol. The van der Waals surface area contributed by atoms with Gasteiger partial charge in [0.15, 0.2) is 0 Å². The molecule has 0 aromatic carbocycles. The maximum Gasteiger partial charge on any atom is 0.213 e. The molecule has 1 aromatic rings. The van der Waals surface area contributed by atoms with Gasteiger partial charge in [-0.25, -0.2) is 4.98 Å². The fourth-order valence-corrected chi connectivity index (χ4v) is 2.13.